The van der Waals surface area contributed by atoms with Crippen LogP contribution < -0.4 is 5.32 Å². The summed E-state index contributed by atoms with van der Waals surface area (Å²) in [5, 5.41) is 64.1. The molecule has 1 fully saturated rings. The number of aliphatic hydroxyl groups is 6. The van der Waals surface area contributed by atoms with Crippen LogP contribution in [0.25, 0.3) is 0 Å². The molecule has 1 rings (SSSR count). The first kappa shape index (κ1) is 43.7. The van der Waals surface area contributed by atoms with Gasteiger partial charge in [0.05, 0.1) is 25.4 Å². The molecular weight excluding hydrogens is 602 g/mol. The minimum Gasteiger partial charge on any atom is -0.394 e. The number of hydrogen-bond acceptors (Lipinski definition) is 9. The summed E-state index contributed by atoms with van der Waals surface area (Å²) in [5.41, 5.74) is 0. The molecule has 1 aliphatic heterocycles. The summed E-state index contributed by atoms with van der Waals surface area (Å²) in [6.45, 7) is 3.51. The van der Waals surface area contributed by atoms with Crippen molar-refractivity contribution in [3.63, 3.8) is 0 Å². The lowest BCUT2D eigenvalue weighted by atomic mass is 9.99. The van der Waals surface area contributed by atoms with Crippen molar-refractivity contribution < 1.29 is 44.9 Å². The maximum Gasteiger partial charge on any atom is 0.249 e. The molecule has 0 spiro atoms. The Morgan fingerprint density at radius 3 is 1.85 bits per heavy atom. The Morgan fingerprint density at radius 1 is 0.723 bits per heavy atom. The van der Waals surface area contributed by atoms with Gasteiger partial charge in [-0.25, -0.2) is 0 Å². The second kappa shape index (κ2) is 28.5. The molecule has 1 saturated heterocycles. The highest BCUT2D eigenvalue weighted by Crippen LogP contribution is 2.22. The van der Waals surface area contributed by atoms with Crippen molar-refractivity contribution in [2.45, 2.75) is 191 Å². The fraction of sp³-hybridized carbons (Fsp3) is 0.865. The van der Waals surface area contributed by atoms with Crippen molar-refractivity contribution in [1.82, 2.24) is 5.32 Å². The van der Waals surface area contributed by atoms with Crippen LogP contribution in [0.5, 0.6) is 0 Å². The second-order valence-electron chi connectivity index (χ2n) is 13.2. The van der Waals surface area contributed by atoms with E-state index in [-0.39, 0.29) is 6.61 Å². The molecule has 0 aromatic rings. The largest absolute Gasteiger partial charge is 0.394 e. The number of ether oxygens (including phenoxy) is 2. The number of carbonyl (C=O) groups excluding carboxylic acids is 1. The highest BCUT2D eigenvalue weighted by molar-refractivity contribution is 5.80. The lowest BCUT2D eigenvalue weighted by molar-refractivity contribution is -0.302. The first-order valence-electron chi connectivity index (χ1n) is 18.7. The molecule has 0 saturated carbocycles. The Bertz CT molecular complexity index is 809. The topological polar surface area (TPSA) is 169 Å². The van der Waals surface area contributed by atoms with Gasteiger partial charge in [-0.2, -0.15) is 0 Å². The van der Waals surface area contributed by atoms with Crippen LogP contribution in [0.3, 0.4) is 0 Å². The van der Waals surface area contributed by atoms with Crippen molar-refractivity contribution in [3.05, 3.63) is 24.3 Å². The molecule has 1 aliphatic rings. The molecule has 0 radical (unpaired) electrons. The van der Waals surface area contributed by atoms with E-state index in [9.17, 15) is 35.4 Å². The van der Waals surface area contributed by atoms with E-state index in [1.165, 1.54) is 77.0 Å². The van der Waals surface area contributed by atoms with Gasteiger partial charge in [0.25, 0.3) is 0 Å². The Hall–Kier alpha value is -1.37. The minimum absolute atomic E-state index is 0.306. The van der Waals surface area contributed by atoms with Crippen LogP contribution in [0, 0.1) is 0 Å². The lowest BCUT2D eigenvalue weighted by Gasteiger charge is -2.40. The molecule has 1 heterocycles. The number of hydrogen-bond donors (Lipinski definition) is 7. The molecule has 0 bridgehead atoms. The van der Waals surface area contributed by atoms with Crippen molar-refractivity contribution >= 4 is 5.91 Å². The van der Waals surface area contributed by atoms with E-state index < -0.39 is 61.5 Å². The van der Waals surface area contributed by atoms with Crippen LogP contribution in [0.4, 0.5) is 0 Å². The van der Waals surface area contributed by atoms with E-state index in [4.69, 9.17) is 9.47 Å². The highest BCUT2D eigenvalue weighted by Gasteiger charge is 2.44. The Morgan fingerprint density at radius 2 is 1.26 bits per heavy atom. The molecule has 10 nitrogen and oxygen atoms in total. The van der Waals surface area contributed by atoms with Gasteiger partial charge in [0.15, 0.2) is 6.29 Å². The van der Waals surface area contributed by atoms with E-state index in [1.807, 2.05) is 6.08 Å². The van der Waals surface area contributed by atoms with Gasteiger partial charge < -0.3 is 45.4 Å². The average molecular weight is 672 g/mol. The van der Waals surface area contributed by atoms with Crippen LogP contribution >= 0.6 is 0 Å². The number of nitrogens with one attached hydrogen (secondary N) is 1. The lowest BCUT2D eigenvalue weighted by Crippen LogP contribution is -2.60. The van der Waals surface area contributed by atoms with E-state index in [1.54, 1.807) is 6.08 Å². The number of carbonyl (C=O) groups is 1. The van der Waals surface area contributed by atoms with Gasteiger partial charge in [0.1, 0.15) is 30.5 Å². The number of rotatable bonds is 29. The summed E-state index contributed by atoms with van der Waals surface area (Å²) in [7, 11) is 0. The Kier molecular flexibility index (Phi) is 26.4. The molecular formula is C37H69NO9. The maximum atomic E-state index is 12.9. The minimum atomic E-state index is -1.61. The zero-order chi connectivity index (χ0) is 34.7. The van der Waals surface area contributed by atoms with Crippen LogP contribution in [-0.2, 0) is 14.3 Å². The number of allylic oxidation sites excluding steroid dienone is 3. The van der Waals surface area contributed by atoms with Crippen LogP contribution in [0.15, 0.2) is 24.3 Å². The van der Waals surface area contributed by atoms with Crippen molar-refractivity contribution in [3.8, 4) is 0 Å². The summed E-state index contributed by atoms with van der Waals surface area (Å²) >= 11 is 0. The summed E-state index contributed by atoms with van der Waals surface area (Å²) < 4.78 is 11.0. The van der Waals surface area contributed by atoms with E-state index in [0.29, 0.717) is 19.3 Å². The van der Waals surface area contributed by atoms with Crippen molar-refractivity contribution in [2.24, 2.45) is 0 Å². The molecule has 276 valence electrons. The Labute approximate surface area is 284 Å². The average Bonchev–Trinajstić information content (AvgIpc) is 3.07. The molecule has 1 amide bonds. The summed E-state index contributed by atoms with van der Waals surface area (Å²) in [6, 6.07) is -0.989. The van der Waals surface area contributed by atoms with Gasteiger partial charge in [-0.1, -0.05) is 134 Å². The first-order chi connectivity index (χ1) is 22.8. The predicted octanol–water partition coefficient (Wildman–Crippen LogP) is 4.96. The van der Waals surface area contributed by atoms with Gasteiger partial charge in [-0.15, -0.1) is 0 Å². The van der Waals surface area contributed by atoms with Crippen LogP contribution in [0.2, 0.25) is 0 Å². The number of aliphatic hydroxyl groups excluding tert-OH is 6. The van der Waals surface area contributed by atoms with Crippen LogP contribution in [0.1, 0.15) is 142 Å². The summed E-state index contributed by atoms with van der Waals surface area (Å²) in [5.74, 6) is -0.631. The predicted molar refractivity (Wildman–Crippen MR) is 186 cm³/mol. The number of unbranched alkanes of at least 4 members (excludes halogenated alkanes) is 16. The van der Waals surface area contributed by atoms with Crippen molar-refractivity contribution in [2.75, 3.05) is 13.2 Å². The van der Waals surface area contributed by atoms with Crippen LogP contribution in [-0.4, -0.2) is 98.7 Å². The monoisotopic (exact) mass is 671 g/mol. The zero-order valence-electron chi connectivity index (χ0n) is 29.4. The quantitative estimate of drug-likeness (QED) is 0.0429. The fourth-order valence-electron chi connectivity index (χ4n) is 5.70. The molecule has 7 N–H and O–H groups in total. The van der Waals surface area contributed by atoms with Crippen molar-refractivity contribution in [1.29, 1.82) is 0 Å². The van der Waals surface area contributed by atoms with Gasteiger partial charge >= 0.3 is 0 Å². The summed E-state index contributed by atoms with van der Waals surface area (Å²) in [4.78, 5) is 12.9. The molecule has 8 unspecified atom stereocenters. The summed E-state index contributed by atoms with van der Waals surface area (Å²) in [6.07, 6.45) is 19.9. The van der Waals surface area contributed by atoms with E-state index in [0.717, 1.165) is 32.1 Å². The molecule has 0 aliphatic carbocycles. The first-order valence-corrected chi connectivity index (χ1v) is 18.7. The second-order valence-corrected chi connectivity index (χ2v) is 13.2. The SMILES string of the molecule is CCCCCCC/C=C/CC/C=C/C(O)C(COC1OC(CO)C(O)C(O)C1O)NC(=O)C(O)CCCCCCCCCCCCC. The normalized spacial score (nSPS) is 23.8. The van der Waals surface area contributed by atoms with E-state index >= 15 is 0 Å². The van der Waals surface area contributed by atoms with Gasteiger partial charge in [0.2, 0.25) is 5.91 Å². The molecule has 47 heavy (non-hydrogen) atoms. The smallest absolute Gasteiger partial charge is 0.249 e. The van der Waals surface area contributed by atoms with E-state index in [2.05, 4.69) is 31.3 Å². The third-order valence-electron chi connectivity index (χ3n) is 8.89. The maximum absolute atomic E-state index is 12.9. The number of amides is 1. The Balaban J connectivity index is 2.58. The van der Waals surface area contributed by atoms with Gasteiger partial charge in [-0.3, -0.25) is 4.79 Å². The fourth-order valence-corrected chi connectivity index (χ4v) is 5.70. The van der Waals surface area contributed by atoms with Gasteiger partial charge in [-0.05, 0) is 32.1 Å². The highest BCUT2D eigenvalue weighted by atomic mass is 16.7. The van der Waals surface area contributed by atoms with Gasteiger partial charge in [0, 0.05) is 0 Å². The third-order valence-corrected chi connectivity index (χ3v) is 8.89. The molecule has 8 atom stereocenters. The molecule has 10 heteroatoms. The zero-order valence-corrected chi connectivity index (χ0v) is 29.4. The standard InChI is InChI=1S/C37H69NO9/c1-3-5-7-9-11-13-15-17-19-21-23-25-30(40)29(28-46-37-35(44)34(43)33(42)32(27-39)47-37)38-36(45)31(41)26-24-22-20-18-16-14-12-10-8-6-4-2/h15,17,23,25,29-35,37,39-44H,3-14,16,18-22,24,26-28H2,1-2H3,(H,38,45)/b17-15+,25-23+. The molecule has 0 aromatic carbocycles. The molecule has 0 aromatic heterocycles. The third kappa shape index (κ3) is 20.0.